The number of carbonyl (C=O) groups is 1. The molecule has 0 unspecified atom stereocenters. The number of nitrogens with one attached hydrogen (secondary N) is 1. The fourth-order valence-corrected chi connectivity index (χ4v) is 2.07. The van der Waals surface area contributed by atoms with Crippen molar-refractivity contribution in [3.63, 3.8) is 0 Å². The van der Waals surface area contributed by atoms with Crippen LogP contribution in [-0.4, -0.2) is 37.1 Å². The van der Waals surface area contributed by atoms with E-state index in [1.54, 1.807) is 19.1 Å². The second kappa shape index (κ2) is 6.33. The molecule has 1 N–H and O–H groups in total. The molecule has 1 aromatic rings. The molecule has 1 saturated heterocycles. The lowest BCUT2D eigenvalue weighted by atomic mass is 10.2. The molecule has 0 radical (unpaired) electrons. The van der Waals surface area contributed by atoms with E-state index in [1.165, 1.54) is 6.07 Å². The van der Waals surface area contributed by atoms with Crippen LogP contribution < -0.4 is 10.2 Å². The molecule has 0 atom stereocenters. The summed E-state index contributed by atoms with van der Waals surface area (Å²) in [7, 11) is 0. The van der Waals surface area contributed by atoms with Crippen LogP contribution >= 0.6 is 0 Å². The molecule has 108 valence electrons. The fourth-order valence-electron chi connectivity index (χ4n) is 2.07. The van der Waals surface area contributed by atoms with E-state index in [4.69, 9.17) is 4.74 Å². The minimum Gasteiger partial charge on any atom is -0.378 e. The molecule has 1 fully saturated rings. The van der Waals surface area contributed by atoms with Crippen molar-refractivity contribution in [2.45, 2.75) is 13.3 Å². The zero-order chi connectivity index (χ0) is 14.5. The molecule has 0 spiro atoms. The van der Waals surface area contributed by atoms with Gasteiger partial charge in [0, 0.05) is 31.3 Å². The fraction of sp³-hybridized carbons (Fsp3) is 0.462. The molecule has 0 bridgehead atoms. The predicted molar refractivity (Wildman–Crippen MR) is 75.0 cm³/mol. The summed E-state index contributed by atoms with van der Waals surface area (Å²) in [4.78, 5) is 24.0. The van der Waals surface area contributed by atoms with Crippen LogP contribution in [0.15, 0.2) is 18.2 Å². The van der Waals surface area contributed by atoms with E-state index in [1.807, 2.05) is 4.90 Å². The Labute approximate surface area is 116 Å². The highest BCUT2D eigenvalue weighted by atomic mass is 16.6. The lowest BCUT2D eigenvalue weighted by Crippen LogP contribution is -2.36. The number of hydrogen-bond donors (Lipinski definition) is 1. The first-order valence-electron chi connectivity index (χ1n) is 6.52. The van der Waals surface area contributed by atoms with Gasteiger partial charge < -0.3 is 15.0 Å². The molecule has 1 aliphatic heterocycles. The number of morpholine rings is 1. The molecule has 2 rings (SSSR count). The summed E-state index contributed by atoms with van der Waals surface area (Å²) in [6.07, 6.45) is 0.332. The molecule has 0 aliphatic carbocycles. The first-order chi connectivity index (χ1) is 9.61. The van der Waals surface area contributed by atoms with E-state index in [2.05, 4.69) is 5.32 Å². The zero-order valence-electron chi connectivity index (χ0n) is 11.3. The third-order valence-electron chi connectivity index (χ3n) is 3.13. The van der Waals surface area contributed by atoms with Crippen LogP contribution in [0.3, 0.4) is 0 Å². The van der Waals surface area contributed by atoms with Crippen molar-refractivity contribution in [3.05, 3.63) is 28.3 Å². The lowest BCUT2D eigenvalue weighted by molar-refractivity contribution is -0.384. The molecular weight excluding hydrogens is 262 g/mol. The van der Waals surface area contributed by atoms with Crippen molar-refractivity contribution >= 4 is 23.0 Å². The third kappa shape index (κ3) is 3.24. The summed E-state index contributed by atoms with van der Waals surface area (Å²) in [6, 6.07) is 4.76. The Hall–Kier alpha value is -2.15. The summed E-state index contributed by atoms with van der Waals surface area (Å²) in [5.74, 6) is -0.168. The van der Waals surface area contributed by atoms with Gasteiger partial charge in [-0.05, 0) is 12.1 Å². The molecule has 7 heteroatoms. The first kappa shape index (κ1) is 14.3. The number of nitrogens with zero attached hydrogens (tertiary/aromatic N) is 2. The third-order valence-corrected chi connectivity index (χ3v) is 3.13. The average Bonchev–Trinajstić information content (AvgIpc) is 2.48. The van der Waals surface area contributed by atoms with E-state index in [-0.39, 0.29) is 11.6 Å². The number of benzene rings is 1. The van der Waals surface area contributed by atoms with Crippen molar-refractivity contribution in [2.75, 3.05) is 36.5 Å². The van der Waals surface area contributed by atoms with Crippen LogP contribution in [0.2, 0.25) is 0 Å². The highest BCUT2D eigenvalue weighted by Crippen LogP contribution is 2.31. The van der Waals surface area contributed by atoms with Crippen LogP contribution in [0.4, 0.5) is 17.1 Å². The smallest absolute Gasteiger partial charge is 0.294 e. The Kier molecular flexibility index (Phi) is 4.52. The molecule has 1 heterocycles. The van der Waals surface area contributed by atoms with Crippen molar-refractivity contribution in [1.29, 1.82) is 0 Å². The Morgan fingerprint density at radius 1 is 1.45 bits per heavy atom. The maximum Gasteiger partial charge on any atom is 0.294 e. The van der Waals surface area contributed by atoms with Crippen LogP contribution in [0, 0.1) is 10.1 Å². The molecule has 1 aliphatic rings. The van der Waals surface area contributed by atoms with Crippen LogP contribution in [-0.2, 0) is 9.53 Å². The van der Waals surface area contributed by atoms with Gasteiger partial charge >= 0.3 is 0 Å². The van der Waals surface area contributed by atoms with Gasteiger partial charge in [-0.25, -0.2) is 0 Å². The van der Waals surface area contributed by atoms with Gasteiger partial charge in [0.15, 0.2) is 0 Å². The Morgan fingerprint density at radius 3 is 2.75 bits per heavy atom. The average molecular weight is 279 g/mol. The van der Waals surface area contributed by atoms with Crippen LogP contribution in [0.25, 0.3) is 0 Å². The second-order valence-corrected chi connectivity index (χ2v) is 4.46. The summed E-state index contributed by atoms with van der Waals surface area (Å²) in [6.45, 7) is 4.10. The van der Waals surface area contributed by atoms with Crippen molar-refractivity contribution < 1.29 is 14.5 Å². The van der Waals surface area contributed by atoms with E-state index < -0.39 is 4.92 Å². The monoisotopic (exact) mass is 279 g/mol. The van der Waals surface area contributed by atoms with Crippen LogP contribution in [0.5, 0.6) is 0 Å². The van der Waals surface area contributed by atoms with Gasteiger partial charge in [-0.3, -0.25) is 14.9 Å². The Balaban J connectivity index is 2.27. The van der Waals surface area contributed by atoms with E-state index in [0.29, 0.717) is 44.1 Å². The highest BCUT2D eigenvalue weighted by molar-refractivity contribution is 5.91. The minimum atomic E-state index is -0.424. The summed E-state index contributed by atoms with van der Waals surface area (Å²) < 4.78 is 5.24. The van der Waals surface area contributed by atoms with Crippen molar-refractivity contribution in [3.8, 4) is 0 Å². The van der Waals surface area contributed by atoms with Gasteiger partial charge in [0.25, 0.3) is 5.69 Å². The van der Waals surface area contributed by atoms with E-state index in [9.17, 15) is 14.9 Å². The molecule has 0 aromatic heterocycles. The number of nitro benzene ring substituents is 1. The van der Waals surface area contributed by atoms with Crippen molar-refractivity contribution in [1.82, 2.24) is 0 Å². The maximum atomic E-state index is 11.3. The van der Waals surface area contributed by atoms with Gasteiger partial charge in [0.1, 0.15) is 5.69 Å². The number of nitro groups is 1. The Bertz CT molecular complexity index is 512. The normalized spacial score (nSPS) is 14.9. The number of rotatable bonds is 4. The SMILES string of the molecule is CCC(=O)Nc1ccc(N2CCOCC2)c([N+](=O)[O-])c1. The Morgan fingerprint density at radius 2 is 2.15 bits per heavy atom. The molecule has 20 heavy (non-hydrogen) atoms. The quantitative estimate of drug-likeness (QED) is 0.670. The summed E-state index contributed by atoms with van der Waals surface area (Å²) in [5.41, 5.74) is 1.01. The molecule has 0 saturated carbocycles. The van der Waals surface area contributed by atoms with Gasteiger partial charge in [0.2, 0.25) is 5.91 Å². The second-order valence-electron chi connectivity index (χ2n) is 4.46. The van der Waals surface area contributed by atoms with Gasteiger partial charge in [-0.1, -0.05) is 6.92 Å². The standard InChI is InChI=1S/C13H17N3O4/c1-2-13(17)14-10-3-4-11(12(9-10)16(18)19)15-5-7-20-8-6-15/h3-4,9H,2,5-8H2,1H3,(H,14,17). The van der Waals surface area contributed by atoms with Gasteiger partial charge in [-0.15, -0.1) is 0 Å². The number of amides is 1. The highest BCUT2D eigenvalue weighted by Gasteiger charge is 2.22. The number of hydrogen-bond acceptors (Lipinski definition) is 5. The predicted octanol–water partition coefficient (Wildman–Crippen LogP) is 1.78. The van der Waals surface area contributed by atoms with E-state index >= 15 is 0 Å². The first-order valence-corrected chi connectivity index (χ1v) is 6.52. The van der Waals surface area contributed by atoms with E-state index in [0.717, 1.165) is 0 Å². The molecular formula is C13H17N3O4. The number of anilines is 2. The minimum absolute atomic E-state index is 0.000744. The molecule has 7 nitrogen and oxygen atoms in total. The number of carbonyl (C=O) groups excluding carboxylic acids is 1. The zero-order valence-corrected chi connectivity index (χ0v) is 11.3. The largest absolute Gasteiger partial charge is 0.378 e. The van der Waals surface area contributed by atoms with Crippen LogP contribution in [0.1, 0.15) is 13.3 Å². The van der Waals surface area contributed by atoms with Gasteiger partial charge in [0.05, 0.1) is 18.1 Å². The molecule has 1 aromatic carbocycles. The number of ether oxygens (including phenoxy) is 1. The van der Waals surface area contributed by atoms with Gasteiger partial charge in [-0.2, -0.15) is 0 Å². The van der Waals surface area contributed by atoms with Crippen molar-refractivity contribution in [2.24, 2.45) is 0 Å². The summed E-state index contributed by atoms with van der Waals surface area (Å²) in [5, 5.41) is 13.8. The topological polar surface area (TPSA) is 84.7 Å². The summed E-state index contributed by atoms with van der Waals surface area (Å²) >= 11 is 0. The molecule has 1 amide bonds. The maximum absolute atomic E-state index is 11.3. The lowest BCUT2D eigenvalue weighted by Gasteiger charge is -2.28.